The summed E-state index contributed by atoms with van der Waals surface area (Å²) in [5, 5.41) is 0.944. The molecule has 2 heterocycles. The number of anilines is 1. The molecule has 0 fully saturated rings. The van der Waals surface area contributed by atoms with E-state index in [0.29, 0.717) is 17.9 Å². The second-order valence-corrected chi connectivity index (χ2v) is 8.46. The van der Waals surface area contributed by atoms with Gasteiger partial charge in [0.2, 0.25) is 10.0 Å². The molecule has 0 atom stereocenters. The van der Waals surface area contributed by atoms with Gasteiger partial charge < -0.3 is 10.3 Å². The fraction of sp³-hybridized carbons (Fsp3) is 0.368. The van der Waals surface area contributed by atoms with Gasteiger partial charge in [-0.1, -0.05) is 38.1 Å². The van der Waals surface area contributed by atoms with E-state index in [1.54, 1.807) is 6.08 Å². The van der Waals surface area contributed by atoms with Crippen LogP contribution in [0.4, 0.5) is 5.82 Å². The lowest BCUT2D eigenvalue weighted by Crippen LogP contribution is -2.26. The van der Waals surface area contributed by atoms with Crippen molar-refractivity contribution in [3.63, 3.8) is 0 Å². The number of aryl methyl sites for hydroxylation is 1. The van der Waals surface area contributed by atoms with Crippen LogP contribution in [0.2, 0.25) is 0 Å². The second kappa shape index (κ2) is 7.66. The molecule has 0 bridgehead atoms. The summed E-state index contributed by atoms with van der Waals surface area (Å²) in [5.74, 6) is 1.28. The topological polar surface area (TPSA) is 103 Å². The molecule has 27 heavy (non-hydrogen) atoms. The first-order chi connectivity index (χ1) is 12.8. The second-order valence-electron chi connectivity index (χ2n) is 6.62. The van der Waals surface area contributed by atoms with Crippen LogP contribution in [0, 0.1) is 0 Å². The van der Waals surface area contributed by atoms with Gasteiger partial charge in [0.1, 0.15) is 11.3 Å². The number of pyridine rings is 1. The van der Waals surface area contributed by atoms with Crippen molar-refractivity contribution in [3.8, 4) is 0 Å². The Kier molecular flexibility index (Phi) is 5.48. The fourth-order valence-electron chi connectivity index (χ4n) is 3.21. The first kappa shape index (κ1) is 19.3. The minimum atomic E-state index is -3.25. The number of imidazole rings is 1. The fourth-order valence-corrected chi connectivity index (χ4v) is 3.67. The van der Waals surface area contributed by atoms with Gasteiger partial charge >= 0.3 is 0 Å². The van der Waals surface area contributed by atoms with Crippen LogP contribution < -0.4 is 10.5 Å². The first-order valence-corrected chi connectivity index (χ1v) is 10.9. The lowest BCUT2D eigenvalue weighted by molar-refractivity contribution is 0.575. The zero-order chi connectivity index (χ0) is 19.6. The van der Waals surface area contributed by atoms with Crippen LogP contribution in [-0.2, 0) is 23.0 Å². The van der Waals surface area contributed by atoms with E-state index in [1.165, 1.54) is 0 Å². The van der Waals surface area contributed by atoms with E-state index in [9.17, 15) is 8.42 Å². The van der Waals surface area contributed by atoms with Crippen LogP contribution in [0.15, 0.2) is 24.8 Å². The highest BCUT2D eigenvalue weighted by Gasteiger charge is 2.17. The summed E-state index contributed by atoms with van der Waals surface area (Å²) in [6.07, 6.45) is 5.76. The maximum absolute atomic E-state index is 11.4. The van der Waals surface area contributed by atoms with Gasteiger partial charge in [-0.05, 0) is 18.1 Å². The number of nitrogens with one attached hydrogen (secondary N) is 1. The number of fused-ring (bicyclic) bond motifs is 3. The molecule has 0 spiro atoms. The molecule has 0 aliphatic rings. The first-order valence-electron chi connectivity index (χ1n) is 8.99. The number of rotatable bonds is 8. The molecule has 0 saturated heterocycles. The van der Waals surface area contributed by atoms with Crippen LogP contribution in [-0.4, -0.2) is 35.8 Å². The summed E-state index contributed by atoms with van der Waals surface area (Å²) in [5.41, 5.74) is 9.50. The smallest absolute Gasteiger partial charge is 0.208 e. The molecule has 2 aromatic heterocycles. The van der Waals surface area contributed by atoms with Crippen molar-refractivity contribution in [1.29, 1.82) is 0 Å². The Morgan fingerprint density at radius 2 is 2.11 bits per heavy atom. The van der Waals surface area contributed by atoms with Gasteiger partial charge in [-0.25, -0.2) is 23.1 Å². The molecular formula is C19H25N5O2S. The predicted molar refractivity (Wildman–Crippen MR) is 111 cm³/mol. The Bertz CT molecular complexity index is 1100. The molecule has 3 aromatic rings. The van der Waals surface area contributed by atoms with Crippen molar-refractivity contribution in [3.05, 3.63) is 36.2 Å². The van der Waals surface area contributed by atoms with Crippen LogP contribution in [0.3, 0.4) is 0 Å². The molecule has 0 amide bonds. The molecule has 0 aliphatic heterocycles. The molecule has 0 unspecified atom stereocenters. The van der Waals surface area contributed by atoms with Gasteiger partial charge in [-0.15, -0.1) is 0 Å². The average Bonchev–Trinajstić information content (AvgIpc) is 2.98. The molecule has 0 saturated carbocycles. The minimum absolute atomic E-state index is 0.290. The van der Waals surface area contributed by atoms with Crippen molar-refractivity contribution in [2.45, 2.75) is 32.7 Å². The number of nitrogen functional groups attached to an aromatic ring is 1. The van der Waals surface area contributed by atoms with Gasteiger partial charge in [0.25, 0.3) is 0 Å². The number of nitrogens with zero attached hydrogens (tertiary/aromatic N) is 3. The quantitative estimate of drug-likeness (QED) is 0.618. The monoisotopic (exact) mass is 387 g/mol. The van der Waals surface area contributed by atoms with Crippen LogP contribution >= 0.6 is 0 Å². The Labute approximate surface area is 159 Å². The Balaban J connectivity index is 2.18. The van der Waals surface area contributed by atoms with Crippen molar-refractivity contribution in [2.75, 3.05) is 18.5 Å². The van der Waals surface area contributed by atoms with Gasteiger partial charge in [0.15, 0.2) is 5.82 Å². The maximum atomic E-state index is 11.4. The lowest BCUT2D eigenvalue weighted by atomic mass is 10.1. The minimum Gasteiger partial charge on any atom is -0.382 e. The molecule has 0 radical (unpaired) electrons. The van der Waals surface area contributed by atoms with Gasteiger partial charge in [-0.2, -0.15) is 0 Å². The van der Waals surface area contributed by atoms with Gasteiger partial charge in [0.05, 0.1) is 17.3 Å². The largest absolute Gasteiger partial charge is 0.382 e. The molecular weight excluding hydrogens is 362 g/mol. The van der Waals surface area contributed by atoms with Gasteiger partial charge in [-0.3, -0.25) is 0 Å². The normalized spacial score (nSPS) is 12.1. The van der Waals surface area contributed by atoms with E-state index in [4.69, 9.17) is 10.7 Å². The zero-order valence-electron chi connectivity index (χ0n) is 15.7. The summed E-state index contributed by atoms with van der Waals surface area (Å²) in [7, 11) is -3.25. The van der Waals surface area contributed by atoms with E-state index in [2.05, 4.69) is 27.8 Å². The van der Waals surface area contributed by atoms with E-state index in [0.717, 1.165) is 53.3 Å². The Hall–Kier alpha value is -2.45. The summed E-state index contributed by atoms with van der Waals surface area (Å²) in [6, 6.07) is 5.91. The van der Waals surface area contributed by atoms with Crippen molar-refractivity contribution >= 4 is 43.9 Å². The Morgan fingerprint density at radius 3 is 2.78 bits per heavy atom. The highest BCUT2D eigenvalue weighted by molar-refractivity contribution is 7.88. The number of hydrogen-bond acceptors (Lipinski definition) is 5. The third kappa shape index (κ3) is 4.12. The molecule has 7 nitrogen and oxygen atoms in total. The molecule has 8 heteroatoms. The summed E-state index contributed by atoms with van der Waals surface area (Å²) in [6.45, 7) is 6.69. The van der Waals surface area contributed by atoms with Crippen molar-refractivity contribution in [2.24, 2.45) is 0 Å². The molecule has 1 aromatic carbocycles. The summed E-state index contributed by atoms with van der Waals surface area (Å²) < 4.78 is 27.5. The van der Waals surface area contributed by atoms with E-state index in [1.807, 2.05) is 18.2 Å². The highest BCUT2D eigenvalue weighted by Crippen LogP contribution is 2.30. The zero-order valence-corrected chi connectivity index (χ0v) is 16.5. The number of benzene rings is 1. The number of unbranched alkanes of at least 4 members (excludes halogenated alkanes) is 1. The third-order valence-electron chi connectivity index (χ3n) is 4.50. The average molecular weight is 388 g/mol. The van der Waals surface area contributed by atoms with Crippen molar-refractivity contribution < 1.29 is 8.42 Å². The van der Waals surface area contributed by atoms with Gasteiger partial charge in [0, 0.05) is 24.9 Å². The lowest BCUT2D eigenvalue weighted by Gasteiger charge is -2.11. The van der Waals surface area contributed by atoms with Crippen molar-refractivity contribution in [1.82, 2.24) is 19.3 Å². The third-order valence-corrected chi connectivity index (χ3v) is 5.22. The summed E-state index contributed by atoms with van der Waals surface area (Å²) >= 11 is 0. The maximum Gasteiger partial charge on any atom is 0.208 e. The number of sulfonamides is 1. The van der Waals surface area contributed by atoms with E-state index >= 15 is 0 Å². The van der Waals surface area contributed by atoms with Crippen LogP contribution in [0.1, 0.15) is 31.2 Å². The summed E-state index contributed by atoms with van der Waals surface area (Å²) in [4.78, 5) is 9.24. The van der Waals surface area contributed by atoms with E-state index in [-0.39, 0.29) is 6.54 Å². The molecule has 3 rings (SSSR count). The Morgan fingerprint density at radius 1 is 1.33 bits per heavy atom. The van der Waals surface area contributed by atoms with Crippen LogP contribution in [0.5, 0.6) is 0 Å². The SMILES string of the molecule is C=Cc1ccc2c(c1)nc(N)c1nc(CCCC)n(CCNS(C)(=O)=O)c12. The predicted octanol–water partition coefficient (Wildman–Crippen LogP) is 2.70. The number of hydrogen-bond donors (Lipinski definition) is 2. The molecule has 3 N–H and O–H groups in total. The highest BCUT2D eigenvalue weighted by atomic mass is 32.2. The standard InChI is InChI=1S/C19H25N5O2S/c1-4-6-7-16-23-17-18(24(16)11-10-21-27(3,25)26)14-9-8-13(5-2)12-15(14)22-19(17)20/h5,8-9,12,21H,2,4,6-7,10-11H2,1,3H3,(H2,20,22). The number of aromatic nitrogens is 3. The van der Waals surface area contributed by atoms with Crippen LogP contribution in [0.25, 0.3) is 28.0 Å². The number of nitrogens with two attached hydrogens (primary N) is 1. The molecule has 144 valence electrons. The molecule has 0 aliphatic carbocycles. The van der Waals surface area contributed by atoms with E-state index < -0.39 is 10.0 Å².